The van der Waals surface area contributed by atoms with Gasteiger partial charge >= 0.3 is 124 Å². The van der Waals surface area contributed by atoms with Gasteiger partial charge in [-0.2, -0.15) is 0 Å². The van der Waals surface area contributed by atoms with Crippen LogP contribution in [0.5, 0.6) is 0 Å². The first-order valence-corrected chi connectivity index (χ1v) is 17.2. The monoisotopic (exact) mass is 366 g/mol. The van der Waals surface area contributed by atoms with Crippen molar-refractivity contribution in [3.05, 3.63) is 54.6 Å². The third kappa shape index (κ3) is 1.67. The van der Waals surface area contributed by atoms with Crippen LogP contribution in [0.2, 0.25) is 14.8 Å². The van der Waals surface area contributed by atoms with E-state index in [2.05, 4.69) is 69.4 Å². The van der Waals surface area contributed by atoms with E-state index in [-0.39, 0.29) is 0 Å². The van der Waals surface area contributed by atoms with Crippen molar-refractivity contribution in [2.75, 3.05) is 0 Å². The van der Waals surface area contributed by atoms with Crippen molar-refractivity contribution in [1.29, 1.82) is 0 Å². The van der Waals surface area contributed by atoms with E-state index in [4.69, 9.17) is 0 Å². The predicted molar refractivity (Wildman–Crippen MR) is 93.1 cm³/mol. The van der Waals surface area contributed by atoms with E-state index in [1.54, 1.807) is 3.58 Å². The van der Waals surface area contributed by atoms with E-state index in [0.29, 0.717) is 0 Å². The van der Waals surface area contributed by atoms with Gasteiger partial charge in [-0.15, -0.1) is 0 Å². The summed E-state index contributed by atoms with van der Waals surface area (Å²) in [5, 5.41) is 8.52. The molecular weight excluding hydrogens is 347 g/mol. The van der Waals surface area contributed by atoms with Crippen LogP contribution in [0.4, 0.5) is 0 Å². The van der Waals surface area contributed by atoms with Crippen LogP contribution >= 0.6 is 0 Å². The summed E-state index contributed by atoms with van der Waals surface area (Å²) in [4.78, 5) is 7.50. The average Bonchev–Trinajstić information content (AvgIpc) is 2.43. The summed E-state index contributed by atoms with van der Waals surface area (Å²) in [6, 6.07) is 20.5. The Bertz CT molecular complexity index is 913. The normalized spacial score (nSPS) is 12.8. The van der Waals surface area contributed by atoms with Crippen molar-refractivity contribution in [3.63, 3.8) is 0 Å². The molecule has 0 atom stereocenters. The van der Waals surface area contributed by atoms with Gasteiger partial charge in [-0.1, -0.05) is 0 Å². The Labute approximate surface area is 123 Å². The quantitative estimate of drug-likeness (QED) is 0.324. The fourth-order valence-corrected chi connectivity index (χ4v) is 7.95. The summed E-state index contributed by atoms with van der Waals surface area (Å²) < 4.78 is 1.64. The Morgan fingerprint density at radius 1 is 0.600 bits per heavy atom. The number of hydrogen-bond acceptors (Lipinski definition) is 0. The Morgan fingerprint density at radius 2 is 1.15 bits per heavy atom. The molecule has 0 fully saturated rings. The van der Waals surface area contributed by atoms with E-state index >= 15 is 0 Å². The zero-order valence-corrected chi connectivity index (χ0v) is 15.1. The van der Waals surface area contributed by atoms with E-state index in [1.807, 2.05) is 0 Å². The summed E-state index contributed by atoms with van der Waals surface area (Å²) >= 11 is -2.09. The second-order valence-electron chi connectivity index (χ2n) is 6.72. The first-order chi connectivity index (χ1) is 9.55. The third-order valence-corrected chi connectivity index (χ3v) is 10.2. The standard InChI is InChI=1S/C16H9.3CH3.Sn/c1-3-11-7-9-13-5-2-6-14-10-8-12(4-1)15(11)16(13)14;;;;/h1-5,7-10H;3*1H3;. The van der Waals surface area contributed by atoms with Gasteiger partial charge in [-0.05, 0) is 0 Å². The summed E-state index contributed by atoms with van der Waals surface area (Å²) in [6.07, 6.45) is 0. The van der Waals surface area contributed by atoms with Crippen LogP contribution in [0.1, 0.15) is 0 Å². The molecule has 98 valence electrons. The molecule has 4 aromatic rings. The SMILES string of the molecule is [CH3][Sn]([CH3])([CH3])[c]1ccc2ccc3cccc4ccc1c2c34. The summed E-state index contributed by atoms with van der Waals surface area (Å²) in [7, 11) is 0. The Kier molecular flexibility index (Phi) is 2.56. The van der Waals surface area contributed by atoms with Gasteiger partial charge in [0, 0.05) is 0 Å². The van der Waals surface area contributed by atoms with Crippen LogP contribution < -0.4 is 3.58 Å². The van der Waals surface area contributed by atoms with Crippen molar-refractivity contribution < 1.29 is 0 Å². The Balaban J connectivity index is 2.32. The Morgan fingerprint density at radius 3 is 1.80 bits per heavy atom. The van der Waals surface area contributed by atoms with Gasteiger partial charge in [0.25, 0.3) is 0 Å². The molecule has 0 saturated heterocycles. The van der Waals surface area contributed by atoms with E-state index in [1.165, 1.54) is 32.3 Å². The summed E-state index contributed by atoms with van der Waals surface area (Å²) in [5.41, 5.74) is 0. The second-order valence-corrected chi connectivity index (χ2v) is 21.1. The van der Waals surface area contributed by atoms with Crippen LogP contribution in [0.25, 0.3) is 32.3 Å². The molecule has 0 aliphatic heterocycles. The van der Waals surface area contributed by atoms with Crippen LogP contribution in [-0.4, -0.2) is 18.4 Å². The van der Waals surface area contributed by atoms with E-state index in [9.17, 15) is 0 Å². The zero-order chi connectivity index (χ0) is 13.9. The van der Waals surface area contributed by atoms with Gasteiger partial charge in [0.1, 0.15) is 0 Å². The molecule has 0 radical (unpaired) electrons. The molecular formula is C19H18Sn. The molecule has 20 heavy (non-hydrogen) atoms. The second kappa shape index (κ2) is 4.11. The fourth-order valence-electron chi connectivity index (χ4n) is 3.39. The predicted octanol–water partition coefficient (Wildman–Crippen LogP) is 5.13. The van der Waals surface area contributed by atoms with Gasteiger partial charge < -0.3 is 0 Å². The fraction of sp³-hybridized carbons (Fsp3) is 0.158. The molecule has 0 aromatic heterocycles. The topological polar surface area (TPSA) is 0 Å². The number of rotatable bonds is 1. The molecule has 4 aromatic carbocycles. The Hall–Kier alpha value is -1.28. The molecule has 0 aliphatic carbocycles. The molecule has 1 heteroatoms. The maximum atomic E-state index is 2.50. The molecule has 0 saturated carbocycles. The average molecular weight is 365 g/mol. The summed E-state index contributed by atoms with van der Waals surface area (Å²) in [6.45, 7) is 0. The molecule has 0 amide bonds. The van der Waals surface area contributed by atoms with Crippen molar-refractivity contribution in [3.8, 4) is 0 Å². The van der Waals surface area contributed by atoms with Gasteiger partial charge in [0.05, 0.1) is 0 Å². The molecule has 0 spiro atoms. The first-order valence-electron chi connectivity index (χ1n) is 7.23. The van der Waals surface area contributed by atoms with Gasteiger partial charge in [0.15, 0.2) is 0 Å². The molecule has 4 rings (SSSR count). The molecule has 0 nitrogen and oxygen atoms in total. The molecule has 0 aliphatic rings. The molecule has 0 unspecified atom stereocenters. The minimum atomic E-state index is -2.09. The van der Waals surface area contributed by atoms with Gasteiger partial charge in [-0.25, -0.2) is 0 Å². The number of benzene rings is 4. The number of hydrogen-bond donors (Lipinski definition) is 0. The third-order valence-electron chi connectivity index (χ3n) is 4.34. The zero-order valence-electron chi connectivity index (χ0n) is 12.2. The van der Waals surface area contributed by atoms with Gasteiger partial charge in [0.2, 0.25) is 0 Å². The van der Waals surface area contributed by atoms with E-state index < -0.39 is 18.4 Å². The minimum absolute atomic E-state index is 1.36. The summed E-state index contributed by atoms with van der Waals surface area (Å²) in [5.74, 6) is 0. The van der Waals surface area contributed by atoms with Crippen molar-refractivity contribution in [2.45, 2.75) is 14.8 Å². The van der Waals surface area contributed by atoms with Crippen LogP contribution in [-0.2, 0) is 0 Å². The van der Waals surface area contributed by atoms with Crippen molar-refractivity contribution >= 4 is 54.3 Å². The molecule has 0 bridgehead atoms. The maximum absolute atomic E-state index is 2.50. The first kappa shape index (κ1) is 12.5. The van der Waals surface area contributed by atoms with Crippen molar-refractivity contribution in [1.82, 2.24) is 0 Å². The van der Waals surface area contributed by atoms with Crippen LogP contribution in [0.15, 0.2) is 54.6 Å². The molecule has 0 N–H and O–H groups in total. The molecule has 0 heterocycles. The van der Waals surface area contributed by atoms with Crippen molar-refractivity contribution in [2.24, 2.45) is 0 Å². The van der Waals surface area contributed by atoms with Crippen LogP contribution in [0.3, 0.4) is 0 Å². The van der Waals surface area contributed by atoms with E-state index in [0.717, 1.165) is 0 Å². The van der Waals surface area contributed by atoms with Gasteiger partial charge in [-0.3, -0.25) is 0 Å². The van der Waals surface area contributed by atoms with Crippen LogP contribution in [0, 0.1) is 0 Å².